The minimum Gasteiger partial charge on any atom is -0.371 e. The number of rotatable bonds is 8. The molecule has 0 spiro atoms. The maximum Gasteiger partial charge on any atom is 0.309 e. The molecule has 0 aliphatic carbocycles. The molecule has 6 nitrogen and oxygen atoms in total. The Kier molecular flexibility index (Phi) is 8.22. The van der Waals surface area contributed by atoms with Crippen molar-refractivity contribution >= 4 is 11.8 Å². The van der Waals surface area contributed by atoms with Crippen molar-refractivity contribution in [3.63, 3.8) is 0 Å². The molecule has 1 heterocycles. The molecular formula is C23H29N3O3. The first kappa shape index (κ1) is 21.0. The zero-order chi connectivity index (χ0) is 20.3. The molecule has 3 rings (SSSR count). The maximum absolute atomic E-state index is 11.9. The lowest BCUT2D eigenvalue weighted by molar-refractivity contribution is -0.139. The molecule has 0 saturated carbocycles. The molecule has 0 aromatic heterocycles. The largest absolute Gasteiger partial charge is 0.371 e. The zero-order valence-electron chi connectivity index (χ0n) is 16.7. The number of nitrogens with one attached hydrogen (secondary N) is 2. The number of hydrogen-bond donors (Lipinski definition) is 2. The predicted octanol–water partition coefficient (Wildman–Crippen LogP) is 1.93. The standard InChI is InChI=1S/C23H29N3O3/c27-22(23(28)25-14-12-19-8-3-1-4-9-19)24-13-7-15-26-16-17-29-21(18-26)20-10-5-2-6-11-20/h1-6,8-11,21H,7,12-18H2,(H,24,27)(H,25,28). The van der Waals surface area contributed by atoms with Crippen LogP contribution in [-0.4, -0.2) is 56.0 Å². The van der Waals surface area contributed by atoms with Gasteiger partial charge in [-0.15, -0.1) is 0 Å². The van der Waals surface area contributed by atoms with E-state index < -0.39 is 11.8 Å². The van der Waals surface area contributed by atoms with E-state index in [1.54, 1.807) is 0 Å². The van der Waals surface area contributed by atoms with Crippen LogP contribution in [0.2, 0.25) is 0 Å². The molecule has 1 aliphatic rings. The Labute approximate surface area is 172 Å². The number of benzene rings is 2. The topological polar surface area (TPSA) is 70.7 Å². The molecule has 6 heteroatoms. The van der Waals surface area contributed by atoms with Crippen molar-refractivity contribution in [3.8, 4) is 0 Å². The van der Waals surface area contributed by atoms with Gasteiger partial charge in [0.25, 0.3) is 0 Å². The quantitative estimate of drug-likeness (QED) is 0.529. The summed E-state index contributed by atoms with van der Waals surface area (Å²) in [5.41, 5.74) is 2.32. The highest BCUT2D eigenvalue weighted by molar-refractivity contribution is 6.35. The van der Waals surface area contributed by atoms with E-state index >= 15 is 0 Å². The second kappa shape index (κ2) is 11.3. The molecule has 2 aromatic rings. The summed E-state index contributed by atoms with van der Waals surface area (Å²) in [7, 11) is 0. The van der Waals surface area contributed by atoms with Crippen molar-refractivity contribution in [2.24, 2.45) is 0 Å². The molecule has 154 valence electrons. The lowest BCUT2D eigenvalue weighted by Gasteiger charge is -2.33. The van der Waals surface area contributed by atoms with E-state index in [9.17, 15) is 9.59 Å². The van der Waals surface area contributed by atoms with Crippen LogP contribution in [0.3, 0.4) is 0 Å². The number of hydrogen-bond acceptors (Lipinski definition) is 4. The average molecular weight is 396 g/mol. The molecule has 1 atom stereocenters. The fraction of sp³-hybridized carbons (Fsp3) is 0.391. The molecule has 1 saturated heterocycles. The van der Waals surface area contributed by atoms with Gasteiger partial charge in [0.05, 0.1) is 12.7 Å². The highest BCUT2D eigenvalue weighted by Crippen LogP contribution is 2.21. The number of amides is 2. The Morgan fingerprint density at radius 3 is 2.31 bits per heavy atom. The van der Waals surface area contributed by atoms with E-state index in [2.05, 4.69) is 27.7 Å². The van der Waals surface area contributed by atoms with Crippen LogP contribution in [0.1, 0.15) is 23.7 Å². The molecule has 0 radical (unpaired) electrons. The smallest absolute Gasteiger partial charge is 0.309 e. The summed E-state index contributed by atoms with van der Waals surface area (Å²) in [6.07, 6.45) is 1.60. The van der Waals surface area contributed by atoms with Gasteiger partial charge in [0.2, 0.25) is 0 Å². The number of carbonyl (C=O) groups excluding carboxylic acids is 2. The van der Waals surface area contributed by atoms with Crippen LogP contribution >= 0.6 is 0 Å². The Morgan fingerprint density at radius 1 is 0.931 bits per heavy atom. The third kappa shape index (κ3) is 7.00. The van der Waals surface area contributed by atoms with E-state index in [0.29, 0.717) is 26.1 Å². The van der Waals surface area contributed by atoms with Crippen LogP contribution in [0.25, 0.3) is 0 Å². The molecule has 2 amide bonds. The van der Waals surface area contributed by atoms with Crippen molar-refractivity contribution in [2.75, 3.05) is 39.3 Å². The maximum atomic E-state index is 11.9. The summed E-state index contributed by atoms with van der Waals surface area (Å²) in [6, 6.07) is 20.1. The van der Waals surface area contributed by atoms with Gasteiger partial charge in [-0.3, -0.25) is 14.5 Å². The summed E-state index contributed by atoms with van der Waals surface area (Å²) in [4.78, 5) is 26.1. The van der Waals surface area contributed by atoms with E-state index in [4.69, 9.17) is 4.74 Å². The third-order valence-electron chi connectivity index (χ3n) is 5.01. The Hall–Kier alpha value is -2.70. The predicted molar refractivity (Wildman–Crippen MR) is 112 cm³/mol. The monoisotopic (exact) mass is 395 g/mol. The minimum absolute atomic E-state index is 0.0925. The number of carbonyl (C=O) groups is 2. The van der Waals surface area contributed by atoms with E-state index in [1.165, 1.54) is 5.56 Å². The van der Waals surface area contributed by atoms with Gasteiger partial charge in [0.15, 0.2) is 0 Å². The van der Waals surface area contributed by atoms with Gasteiger partial charge in [0.1, 0.15) is 0 Å². The van der Waals surface area contributed by atoms with Crippen molar-refractivity contribution in [3.05, 3.63) is 71.8 Å². The van der Waals surface area contributed by atoms with Gasteiger partial charge in [0, 0.05) is 32.7 Å². The Bertz CT molecular complexity index is 767. The van der Waals surface area contributed by atoms with Gasteiger partial charge in [-0.2, -0.15) is 0 Å². The van der Waals surface area contributed by atoms with Crippen LogP contribution in [0.15, 0.2) is 60.7 Å². The molecule has 29 heavy (non-hydrogen) atoms. The van der Waals surface area contributed by atoms with Crippen LogP contribution < -0.4 is 10.6 Å². The van der Waals surface area contributed by atoms with Crippen molar-refractivity contribution < 1.29 is 14.3 Å². The van der Waals surface area contributed by atoms with Gasteiger partial charge >= 0.3 is 11.8 Å². The Balaban J connectivity index is 1.29. The van der Waals surface area contributed by atoms with Gasteiger partial charge in [-0.1, -0.05) is 60.7 Å². The normalized spacial score (nSPS) is 16.9. The number of ether oxygens (including phenoxy) is 1. The van der Waals surface area contributed by atoms with Gasteiger partial charge in [-0.05, 0) is 24.0 Å². The van der Waals surface area contributed by atoms with Crippen molar-refractivity contribution in [1.29, 1.82) is 0 Å². The van der Waals surface area contributed by atoms with E-state index in [1.807, 2.05) is 48.5 Å². The van der Waals surface area contributed by atoms with Crippen LogP contribution in [-0.2, 0) is 20.7 Å². The molecule has 2 N–H and O–H groups in total. The first-order chi connectivity index (χ1) is 14.2. The molecule has 1 fully saturated rings. The van der Waals surface area contributed by atoms with E-state index in [0.717, 1.165) is 31.6 Å². The second-order valence-corrected chi connectivity index (χ2v) is 7.17. The number of nitrogens with zero attached hydrogens (tertiary/aromatic N) is 1. The fourth-order valence-electron chi connectivity index (χ4n) is 3.41. The summed E-state index contributed by atoms with van der Waals surface area (Å²) >= 11 is 0. The van der Waals surface area contributed by atoms with E-state index in [-0.39, 0.29) is 6.10 Å². The summed E-state index contributed by atoms with van der Waals surface area (Å²) in [5, 5.41) is 5.37. The van der Waals surface area contributed by atoms with Crippen molar-refractivity contribution in [2.45, 2.75) is 18.9 Å². The molecular weight excluding hydrogens is 366 g/mol. The van der Waals surface area contributed by atoms with Crippen molar-refractivity contribution in [1.82, 2.24) is 15.5 Å². The first-order valence-corrected chi connectivity index (χ1v) is 10.2. The molecule has 2 aromatic carbocycles. The second-order valence-electron chi connectivity index (χ2n) is 7.17. The minimum atomic E-state index is -0.573. The highest BCUT2D eigenvalue weighted by atomic mass is 16.5. The average Bonchev–Trinajstić information content (AvgIpc) is 2.78. The van der Waals surface area contributed by atoms with Crippen LogP contribution in [0.4, 0.5) is 0 Å². The van der Waals surface area contributed by atoms with Crippen LogP contribution in [0.5, 0.6) is 0 Å². The van der Waals surface area contributed by atoms with Crippen LogP contribution in [0, 0.1) is 0 Å². The first-order valence-electron chi connectivity index (χ1n) is 10.2. The third-order valence-corrected chi connectivity index (χ3v) is 5.01. The molecule has 0 bridgehead atoms. The SMILES string of the molecule is O=C(NCCCN1CCOC(c2ccccc2)C1)C(=O)NCCc1ccccc1. The summed E-state index contributed by atoms with van der Waals surface area (Å²) in [5.74, 6) is -1.14. The lowest BCUT2D eigenvalue weighted by Crippen LogP contribution is -2.42. The fourth-order valence-corrected chi connectivity index (χ4v) is 3.41. The number of morpholine rings is 1. The summed E-state index contributed by atoms with van der Waals surface area (Å²) in [6.45, 7) is 4.23. The zero-order valence-corrected chi connectivity index (χ0v) is 16.7. The Morgan fingerprint density at radius 2 is 1.59 bits per heavy atom. The van der Waals surface area contributed by atoms with Gasteiger partial charge < -0.3 is 15.4 Å². The highest BCUT2D eigenvalue weighted by Gasteiger charge is 2.21. The molecule has 1 aliphatic heterocycles. The molecule has 1 unspecified atom stereocenters. The lowest BCUT2D eigenvalue weighted by atomic mass is 10.1. The summed E-state index contributed by atoms with van der Waals surface area (Å²) < 4.78 is 5.88. The van der Waals surface area contributed by atoms with Gasteiger partial charge in [-0.25, -0.2) is 0 Å².